The van der Waals surface area contributed by atoms with Gasteiger partial charge in [0.15, 0.2) is 0 Å². The Morgan fingerprint density at radius 1 is 1.50 bits per heavy atom. The predicted octanol–water partition coefficient (Wildman–Crippen LogP) is 1.36. The van der Waals surface area contributed by atoms with Crippen LogP contribution in [0.5, 0.6) is 0 Å². The standard InChI is InChI=1S/C10H10N2O2/c1-12-9-5-3-4-7(10(13)14-2)8(9)6-11-12/h3-6H,1-2H3. The molecule has 72 valence electrons. The molecule has 1 aromatic heterocycles. The van der Waals surface area contributed by atoms with E-state index >= 15 is 0 Å². The second-order valence-electron chi connectivity index (χ2n) is 3.00. The number of hydrogen-bond acceptors (Lipinski definition) is 3. The summed E-state index contributed by atoms with van der Waals surface area (Å²) in [5.41, 5.74) is 1.48. The molecule has 0 radical (unpaired) electrons. The number of esters is 1. The largest absolute Gasteiger partial charge is 0.465 e. The Balaban J connectivity index is 2.71. The monoisotopic (exact) mass is 190 g/mol. The highest BCUT2D eigenvalue weighted by Crippen LogP contribution is 2.18. The third-order valence-corrected chi connectivity index (χ3v) is 2.20. The van der Waals surface area contributed by atoms with Gasteiger partial charge in [-0.15, -0.1) is 0 Å². The fourth-order valence-electron chi connectivity index (χ4n) is 1.47. The summed E-state index contributed by atoms with van der Waals surface area (Å²) in [5, 5.41) is 4.90. The topological polar surface area (TPSA) is 44.1 Å². The van der Waals surface area contributed by atoms with Crippen molar-refractivity contribution in [2.45, 2.75) is 0 Å². The summed E-state index contributed by atoms with van der Waals surface area (Å²) in [6, 6.07) is 5.46. The quantitative estimate of drug-likeness (QED) is 0.638. The summed E-state index contributed by atoms with van der Waals surface area (Å²) >= 11 is 0. The summed E-state index contributed by atoms with van der Waals surface area (Å²) in [4.78, 5) is 11.4. The van der Waals surface area contributed by atoms with E-state index in [0.29, 0.717) is 5.56 Å². The molecule has 0 unspecified atom stereocenters. The number of methoxy groups -OCH3 is 1. The molecule has 0 aliphatic heterocycles. The number of ether oxygens (including phenoxy) is 1. The second kappa shape index (κ2) is 3.14. The van der Waals surface area contributed by atoms with E-state index in [4.69, 9.17) is 0 Å². The molecular weight excluding hydrogens is 180 g/mol. The number of carbonyl (C=O) groups is 1. The van der Waals surface area contributed by atoms with Crippen molar-refractivity contribution < 1.29 is 9.53 Å². The maximum atomic E-state index is 11.4. The van der Waals surface area contributed by atoms with Gasteiger partial charge >= 0.3 is 5.97 Å². The number of hydrogen-bond donors (Lipinski definition) is 0. The lowest BCUT2D eigenvalue weighted by Gasteiger charge is -2.00. The summed E-state index contributed by atoms with van der Waals surface area (Å²) in [6.45, 7) is 0. The van der Waals surface area contributed by atoms with Gasteiger partial charge < -0.3 is 4.74 Å². The lowest BCUT2D eigenvalue weighted by atomic mass is 10.1. The SMILES string of the molecule is COC(=O)c1cccc2c1cnn2C. The zero-order valence-electron chi connectivity index (χ0n) is 8.02. The molecule has 1 aromatic carbocycles. The van der Waals surface area contributed by atoms with Crippen LogP contribution < -0.4 is 0 Å². The van der Waals surface area contributed by atoms with Gasteiger partial charge in [-0.25, -0.2) is 4.79 Å². The van der Waals surface area contributed by atoms with Gasteiger partial charge in [0.25, 0.3) is 0 Å². The van der Waals surface area contributed by atoms with Gasteiger partial charge in [0.2, 0.25) is 0 Å². The van der Waals surface area contributed by atoms with E-state index in [9.17, 15) is 4.79 Å². The van der Waals surface area contributed by atoms with Crippen molar-refractivity contribution in [3.8, 4) is 0 Å². The molecule has 0 amide bonds. The molecule has 0 aliphatic carbocycles. The number of carbonyl (C=O) groups excluding carboxylic acids is 1. The number of fused-ring (bicyclic) bond motifs is 1. The number of rotatable bonds is 1. The summed E-state index contributed by atoms with van der Waals surface area (Å²) in [7, 11) is 3.21. The Labute approximate surface area is 81.1 Å². The molecule has 0 bridgehead atoms. The fourth-order valence-corrected chi connectivity index (χ4v) is 1.47. The molecule has 1 heterocycles. The van der Waals surface area contributed by atoms with Gasteiger partial charge in [-0.1, -0.05) is 6.07 Å². The molecular formula is C10H10N2O2. The summed E-state index contributed by atoms with van der Waals surface area (Å²) < 4.78 is 6.40. The first kappa shape index (κ1) is 8.74. The van der Waals surface area contributed by atoms with E-state index in [0.717, 1.165) is 10.9 Å². The van der Waals surface area contributed by atoms with Crippen molar-refractivity contribution >= 4 is 16.9 Å². The van der Waals surface area contributed by atoms with Crippen LogP contribution in [0.1, 0.15) is 10.4 Å². The highest BCUT2D eigenvalue weighted by molar-refractivity contribution is 6.03. The molecule has 2 rings (SSSR count). The Kier molecular flexibility index (Phi) is 1.96. The van der Waals surface area contributed by atoms with Crippen LogP contribution in [0.3, 0.4) is 0 Å². The Hall–Kier alpha value is -1.84. The third-order valence-electron chi connectivity index (χ3n) is 2.20. The van der Waals surface area contributed by atoms with E-state index in [1.165, 1.54) is 7.11 Å². The lowest BCUT2D eigenvalue weighted by Crippen LogP contribution is -2.01. The maximum absolute atomic E-state index is 11.4. The Morgan fingerprint density at radius 3 is 3.00 bits per heavy atom. The molecule has 0 N–H and O–H groups in total. The van der Waals surface area contributed by atoms with E-state index < -0.39 is 0 Å². The van der Waals surface area contributed by atoms with E-state index in [-0.39, 0.29) is 5.97 Å². The van der Waals surface area contributed by atoms with E-state index in [1.54, 1.807) is 16.9 Å². The van der Waals surface area contributed by atoms with Gasteiger partial charge in [-0.05, 0) is 12.1 Å². The highest BCUT2D eigenvalue weighted by Gasteiger charge is 2.11. The zero-order chi connectivity index (χ0) is 10.1. The van der Waals surface area contributed by atoms with Crippen molar-refractivity contribution in [3.63, 3.8) is 0 Å². The average molecular weight is 190 g/mol. The first-order valence-electron chi connectivity index (χ1n) is 4.23. The van der Waals surface area contributed by atoms with Crippen molar-refractivity contribution in [2.75, 3.05) is 7.11 Å². The molecule has 0 atom stereocenters. The number of aryl methyl sites for hydroxylation is 1. The Bertz CT molecular complexity index is 488. The molecule has 0 aliphatic rings. The first-order chi connectivity index (χ1) is 6.74. The molecule has 14 heavy (non-hydrogen) atoms. The molecule has 4 nitrogen and oxygen atoms in total. The van der Waals surface area contributed by atoms with Crippen LogP contribution in [0.25, 0.3) is 10.9 Å². The Morgan fingerprint density at radius 2 is 2.29 bits per heavy atom. The van der Waals surface area contributed by atoms with Crippen molar-refractivity contribution in [3.05, 3.63) is 30.0 Å². The molecule has 4 heteroatoms. The molecule has 2 aromatic rings. The van der Waals surface area contributed by atoms with Gasteiger partial charge in [0.05, 0.1) is 24.4 Å². The van der Waals surface area contributed by atoms with Gasteiger partial charge in [0.1, 0.15) is 0 Å². The van der Waals surface area contributed by atoms with E-state index in [2.05, 4.69) is 9.84 Å². The van der Waals surface area contributed by atoms with Crippen LogP contribution in [0.2, 0.25) is 0 Å². The van der Waals surface area contributed by atoms with E-state index in [1.807, 2.05) is 19.2 Å². The van der Waals surface area contributed by atoms with Crippen LogP contribution >= 0.6 is 0 Å². The highest BCUT2D eigenvalue weighted by atomic mass is 16.5. The minimum Gasteiger partial charge on any atom is -0.465 e. The normalized spacial score (nSPS) is 10.4. The van der Waals surface area contributed by atoms with Gasteiger partial charge in [-0.3, -0.25) is 4.68 Å². The number of aromatic nitrogens is 2. The fraction of sp³-hybridized carbons (Fsp3) is 0.200. The minimum atomic E-state index is -0.330. The third kappa shape index (κ3) is 1.16. The smallest absolute Gasteiger partial charge is 0.338 e. The molecule has 0 saturated heterocycles. The van der Waals surface area contributed by atoms with Crippen LogP contribution in [0.15, 0.2) is 24.4 Å². The van der Waals surface area contributed by atoms with Crippen LogP contribution in [-0.2, 0) is 11.8 Å². The van der Waals surface area contributed by atoms with Crippen LogP contribution in [-0.4, -0.2) is 22.9 Å². The van der Waals surface area contributed by atoms with Crippen molar-refractivity contribution in [2.24, 2.45) is 7.05 Å². The number of nitrogens with zero attached hydrogens (tertiary/aromatic N) is 2. The summed E-state index contributed by atoms with van der Waals surface area (Å²) in [6.07, 6.45) is 1.67. The second-order valence-corrected chi connectivity index (χ2v) is 3.00. The first-order valence-corrected chi connectivity index (χ1v) is 4.23. The van der Waals surface area contributed by atoms with Crippen molar-refractivity contribution in [1.82, 2.24) is 9.78 Å². The minimum absolute atomic E-state index is 0.330. The van der Waals surface area contributed by atoms with Gasteiger partial charge in [-0.2, -0.15) is 5.10 Å². The lowest BCUT2D eigenvalue weighted by molar-refractivity contribution is 0.0603. The molecule has 0 fully saturated rings. The zero-order valence-corrected chi connectivity index (χ0v) is 8.02. The van der Waals surface area contributed by atoms with Gasteiger partial charge in [0, 0.05) is 12.4 Å². The van der Waals surface area contributed by atoms with Crippen LogP contribution in [0.4, 0.5) is 0 Å². The molecule has 0 spiro atoms. The van der Waals surface area contributed by atoms with Crippen molar-refractivity contribution in [1.29, 1.82) is 0 Å². The average Bonchev–Trinajstić information content (AvgIpc) is 2.59. The molecule has 0 saturated carbocycles. The summed E-state index contributed by atoms with van der Waals surface area (Å²) in [5.74, 6) is -0.330. The van der Waals surface area contributed by atoms with Crippen LogP contribution in [0, 0.1) is 0 Å². The maximum Gasteiger partial charge on any atom is 0.338 e. The predicted molar refractivity (Wildman–Crippen MR) is 52.1 cm³/mol. The number of benzene rings is 1.